The Morgan fingerprint density at radius 2 is 2.09 bits per heavy atom. The molecular formula is C16H20N4O2S. The summed E-state index contributed by atoms with van der Waals surface area (Å²) < 4.78 is 0. The van der Waals surface area contributed by atoms with E-state index in [0.29, 0.717) is 16.6 Å². The van der Waals surface area contributed by atoms with E-state index in [2.05, 4.69) is 20.6 Å². The maximum absolute atomic E-state index is 12.4. The highest BCUT2D eigenvalue weighted by Gasteiger charge is 2.20. The average molecular weight is 332 g/mol. The molecule has 7 heteroatoms. The first-order valence-corrected chi connectivity index (χ1v) is 8.54. The summed E-state index contributed by atoms with van der Waals surface area (Å²) in [6, 6.07) is 1.79. The molecule has 2 aromatic rings. The summed E-state index contributed by atoms with van der Waals surface area (Å²) >= 11 is 1.49. The van der Waals surface area contributed by atoms with Gasteiger partial charge in [-0.25, -0.2) is 4.98 Å². The van der Waals surface area contributed by atoms with Crippen LogP contribution in [-0.2, 0) is 0 Å². The zero-order valence-electron chi connectivity index (χ0n) is 13.2. The summed E-state index contributed by atoms with van der Waals surface area (Å²) in [4.78, 5) is 32.5. The number of aryl methyl sites for hydroxylation is 2. The molecule has 1 saturated heterocycles. The highest BCUT2D eigenvalue weighted by molar-refractivity contribution is 7.15. The van der Waals surface area contributed by atoms with Gasteiger partial charge < -0.3 is 10.3 Å². The van der Waals surface area contributed by atoms with Crippen LogP contribution in [0.2, 0.25) is 0 Å². The Hall–Kier alpha value is -1.99. The van der Waals surface area contributed by atoms with E-state index in [4.69, 9.17) is 0 Å². The van der Waals surface area contributed by atoms with Crippen molar-refractivity contribution in [3.05, 3.63) is 44.3 Å². The summed E-state index contributed by atoms with van der Waals surface area (Å²) in [7, 11) is 0. The number of carbonyl (C=O) groups is 1. The SMILES string of the molecule is Cc1cc(C)c(C(=O)Nc2ncc(C3CCNCC3)s2)c(=O)[nH]1. The zero-order chi connectivity index (χ0) is 16.4. The quantitative estimate of drug-likeness (QED) is 0.804. The minimum Gasteiger partial charge on any atom is -0.326 e. The maximum Gasteiger partial charge on any atom is 0.263 e. The number of aromatic nitrogens is 2. The molecule has 3 heterocycles. The molecule has 1 fully saturated rings. The van der Waals surface area contributed by atoms with Crippen LogP contribution in [0.4, 0.5) is 5.13 Å². The number of anilines is 1. The van der Waals surface area contributed by atoms with Crippen LogP contribution in [0, 0.1) is 13.8 Å². The molecule has 0 aromatic carbocycles. The van der Waals surface area contributed by atoms with Gasteiger partial charge in [0, 0.05) is 16.8 Å². The van der Waals surface area contributed by atoms with Gasteiger partial charge in [-0.05, 0) is 57.3 Å². The van der Waals surface area contributed by atoms with Crippen molar-refractivity contribution < 1.29 is 4.79 Å². The smallest absolute Gasteiger partial charge is 0.263 e. The summed E-state index contributed by atoms with van der Waals surface area (Å²) in [6.45, 7) is 5.59. The second kappa shape index (κ2) is 6.64. The second-order valence-corrected chi connectivity index (χ2v) is 6.95. The van der Waals surface area contributed by atoms with E-state index in [1.165, 1.54) is 16.2 Å². The molecule has 3 rings (SSSR count). The lowest BCUT2D eigenvalue weighted by atomic mass is 9.97. The fourth-order valence-corrected chi connectivity index (χ4v) is 3.92. The first-order valence-electron chi connectivity index (χ1n) is 7.73. The molecule has 0 aliphatic carbocycles. The number of thiazole rings is 1. The van der Waals surface area contributed by atoms with Crippen LogP contribution in [0.15, 0.2) is 17.1 Å². The maximum atomic E-state index is 12.4. The third-order valence-electron chi connectivity index (χ3n) is 4.08. The van der Waals surface area contributed by atoms with E-state index in [1.807, 2.05) is 6.20 Å². The number of hydrogen-bond acceptors (Lipinski definition) is 5. The number of piperidine rings is 1. The van der Waals surface area contributed by atoms with E-state index in [1.54, 1.807) is 19.9 Å². The summed E-state index contributed by atoms with van der Waals surface area (Å²) in [5, 5.41) is 6.63. The Morgan fingerprint density at radius 3 is 2.78 bits per heavy atom. The Kier molecular flexibility index (Phi) is 4.58. The molecule has 0 atom stereocenters. The van der Waals surface area contributed by atoms with Crippen molar-refractivity contribution >= 4 is 22.4 Å². The van der Waals surface area contributed by atoms with E-state index in [-0.39, 0.29) is 11.1 Å². The summed E-state index contributed by atoms with van der Waals surface area (Å²) in [5.74, 6) is 0.0962. The lowest BCUT2D eigenvalue weighted by Gasteiger charge is -2.20. The molecule has 1 aliphatic heterocycles. The lowest BCUT2D eigenvalue weighted by molar-refractivity contribution is 0.102. The van der Waals surface area contributed by atoms with Crippen LogP contribution in [0.1, 0.15) is 45.3 Å². The first kappa shape index (κ1) is 15.9. The lowest BCUT2D eigenvalue weighted by Crippen LogP contribution is -2.26. The predicted molar refractivity (Wildman–Crippen MR) is 91.4 cm³/mol. The van der Waals surface area contributed by atoms with Gasteiger partial charge >= 0.3 is 0 Å². The van der Waals surface area contributed by atoms with Gasteiger partial charge in [-0.15, -0.1) is 11.3 Å². The molecule has 122 valence electrons. The third kappa shape index (κ3) is 3.51. The standard InChI is InChI=1S/C16H20N4O2S/c1-9-7-10(2)19-14(21)13(9)15(22)20-16-18-8-12(23-16)11-3-5-17-6-4-11/h7-8,11,17H,3-6H2,1-2H3,(H,19,21)(H,18,20,22). The summed E-state index contributed by atoms with van der Waals surface area (Å²) in [5.41, 5.74) is 1.19. The molecule has 1 amide bonds. The highest BCUT2D eigenvalue weighted by Crippen LogP contribution is 2.31. The van der Waals surface area contributed by atoms with E-state index >= 15 is 0 Å². The fraction of sp³-hybridized carbons (Fsp3) is 0.438. The largest absolute Gasteiger partial charge is 0.326 e. The van der Waals surface area contributed by atoms with Crippen molar-refractivity contribution in [3.63, 3.8) is 0 Å². The Balaban J connectivity index is 1.76. The van der Waals surface area contributed by atoms with Gasteiger partial charge in [0.25, 0.3) is 11.5 Å². The highest BCUT2D eigenvalue weighted by atomic mass is 32.1. The van der Waals surface area contributed by atoms with Crippen molar-refractivity contribution in [1.82, 2.24) is 15.3 Å². The Labute approximate surface area is 138 Å². The Bertz CT molecular complexity index is 775. The van der Waals surface area contributed by atoms with E-state index in [0.717, 1.165) is 31.6 Å². The normalized spacial score (nSPS) is 15.6. The number of hydrogen-bond donors (Lipinski definition) is 3. The number of amides is 1. The Morgan fingerprint density at radius 1 is 1.35 bits per heavy atom. The molecule has 23 heavy (non-hydrogen) atoms. The number of H-pyrrole nitrogens is 1. The van der Waals surface area contributed by atoms with Crippen molar-refractivity contribution in [2.24, 2.45) is 0 Å². The molecule has 0 unspecified atom stereocenters. The number of aromatic amines is 1. The predicted octanol–water partition coefficient (Wildman–Crippen LogP) is 2.17. The van der Waals surface area contributed by atoms with Gasteiger partial charge in [-0.3, -0.25) is 14.9 Å². The van der Waals surface area contributed by atoms with Gasteiger partial charge in [-0.1, -0.05) is 0 Å². The molecule has 0 spiro atoms. The van der Waals surface area contributed by atoms with Crippen LogP contribution in [0.3, 0.4) is 0 Å². The van der Waals surface area contributed by atoms with E-state index in [9.17, 15) is 9.59 Å². The van der Waals surface area contributed by atoms with Crippen molar-refractivity contribution in [2.75, 3.05) is 18.4 Å². The second-order valence-electron chi connectivity index (χ2n) is 5.89. The fourth-order valence-electron chi connectivity index (χ4n) is 2.94. The number of carbonyl (C=O) groups excluding carboxylic acids is 1. The van der Waals surface area contributed by atoms with Crippen molar-refractivity contribution in [2.45, 2.75) is 32.6 Å². The van der Waals surface area contributed by atoms with Gasteiger partial charge in [0.1, 0.15) is 5.56 Å². The summed E-state index contributed by atoms with van der Waals surface area (Å²) in [6.07, 6.45) is 4.02. The number of pyridine rings is 1. The molecule has 0 radical (unpaired) electrons. The van der Waals surface area contributed by atoms with Gasteiger partial charge in [0.2, 0.25) is 0 Å². The van der Waals surface area contributed by atoms with Gasteiger partial charge in [0.15, 0.2) is 5.13 Å². The van der Waals surface area contributed by atoms with Crippen LogP contribution in [-0.4, -0.2) is 29.0 Å². The number of nitrogens with one attached hydrogen (secondary N) is 3. The van der Waals surface area contributed by atoms with Crippen molar-refractivity contribution in [1.29, 1.82) is 0 Å². The van der Waals surface area contributed by atoms with Crippen molar-refractivity contribution in [3.8, 4) is 0 Å². The average Bonchev–Trinajstić information content (AvgIpc) is 2.95. The van der Waals surface area contributed by atoms with Crippen LogP contribution in [0.25, 0.3) is 0 Å². The third-order valence-corrected chi connectivity index (χ3v) is 5.15. The molecule has 2 aromatic heterocycles. The molecule has 1 aliphatic rings. The monoisotopic (exact) mass is 332 g/mol. The molecule has 0 bridgehead atoms. The van der Waals surface area contributed by atoms with E-state index < -0.39 is 5.91 Å². The minimum atomic E-state index is -0.407. The molecule has 0 saturated carbocycles. The number of nitrogens with zero attached hydrogens (tertiary/aromatic N) is 1. The van der Waals surface area contributed by atoms with Crippen LogP contribution in [0.5, 0.6) is 0 Å². The van der Waals surface area contributed by atoms with Crippen LogP contribution >= 0.6 is 11.3 Å². The minimum absolute atomic E-state index is 0.147. The van der Waals surface area contributed by atoms with Gasteiger partial charge in [-0.2, -0.15) is 0 Å². The first-order chi connectivity index (χ1) is 11.0. The van der Waals surface area contributed by atoms with Crippen LogP contribution < -0.4 is 16.2 Å². The number of rotatable bonds is 3. The molecule has 6 nitrogen and oxygen atoms in total. The van der Waals surface area contributed by atoms with Gasteiger partial charge in [0.05, 0.1) is 0 Å². The topological polar surface area (TPSA) is 86.9 Å². The zero-order valence-corrected chi connectivity index (χ0v) is 14.0. The molecule has 3 N–H and O–H groups in total. The molecular weight excluding hydrogens is 312 g/mol.